The van der Waals surface area contributed by atoms with Crippen LogP contribution in [0.25, 0.3) is 0 Å². The van der Waals surface area contributed by atoms with Crippen molar-refractivity contribution in [3.63, 3.8) is 0 Å². The van der Waals surface area contributed by atoms with Gasteiger partial charge in [0.1, 0.15) is 0 Å². The summed E-state index contributed by atoms with van der Waals surface area (Å²) in [6.45, 7) is 11.4. The Labute approximate surface area is 300 Å². The van der Waals surface area contributed by atoms with Crippen molar-refractivity contribution in [1.82, 2.24) is 0 Å². The van der Waals surface area contributed by atoms with Crippen LogP contribution < -0.4 is 10.4 Å². The van der Waals surface area contributed by atoms with Crippen LogP contribution in [0.2, 0.25) is 5.04 Å². The number of ether oxygens (including phenoxy) is 2. The van der Waals surface area contributed by atoms with Crippen molar-refractivity contribution in [2.24, 2.45) is 0 Å². The molecule has 50 heavy (non-hydrogen) atoms. The van der Waals surface area contributed by atoms with Gasteiger partial charge in [-0.15, -0.1) is 0 Å². The quantitative estimate of drug-likeness (QED) is 0.0600. The van der Waals surface area contributed by atoms with Crippen molar-refractivity contribution in [2.75, 3.05) is 13.2 Å². The molecule has 0 amide bonds. The largest absolute Gasteiger partial charge is 0.404 e. The number of hydrogen-bond acceptors (Lipinski definition) is 7. The zero-order valence-electron chi connectivity index (χ0n) is 29.6. The normalized spacial score (nSPS) is 13.7. The van der Waals surface area contributed by atoms with Gasteiger partial charge in [-0.05, 0) is 66.4 Å². The van der Waals surface area contributed by atoms with Crippen LogP contribution in [0, 0.1) is 0 Å². The smallest absolute Gasteiger partial charge is 0.261 e. The fraction of sp³-hybridized carbons (Fsp3) is 0.350. The van der Waals surface area contributed by atoms with Gasteiger partial charge in [0.15, 0.2) is 30.5 Å². The summed E-state index contributed by atoms with van der Waals surface area (Å²) >= 11 is 0. The first-order valence-corrected chi connectivity index (χ1v) is 22.1. The van der Waals surface area contributed by atoms with E-state index in [9.17, 15) is 16.8 Å². The van der Waals surface area contributed by atoms with Gasteiger partial charge in [0.05, 0.1) is 15.9 Å². The first-order valence-electron chi connectivity index (χ1n) is 17.1. The van der Waals surface area contributed by atoms with Crippen LogP contribution in [0.15, 0.2) is 143 Å². The van der Waals surface area contributed by atoms with E-state index < -0.39 is 45.0 Å². The predicted molar refractivity (Wildman–Crippen MR) is 204 cm³/mol. The summed E-state index contributed by atoms with van der Waals surface area (Å²) in [6, 6.07) is 36.2. The lowest BCUT2D eigenvalue weighted by Crippen LogP contribution is -2.67. The number of hydrogen-bond donors (Lipinski definition) is 0. The summed E-state index contributed by atoms with van der Waals surface area (Å²) in [4.78, 5) is -0.0795. The van der Waals surface area contributed by atoms with Gasteiger partial charge in [-0.25, -0.2) is 16.8 Å². The SMILES string of the molecule is CCOC(CC(C/C=C/CC(S(=O)(=O)c1ccccc1)S(=O)(=O)c1ccccc1)O[Si](c1ccccc1)(c1ccccc1)C(C)(C)C)OCC. The lowest BCUT2D eigenvalue weighted by Gasteiger charge is -2.45. The molecule has 0 saturated carbocycles. The molecule has 0 saturated heterocycles. The molecule has 0 bridgehead atoms. The Hall–Kier alpha value is -3.38. The maximum Gasteiger partial charge on any atom is 0.261 e. The van der Waals surface area contributed by atoms with Crippen molar-refractivity contribution >= 4 is 38.4 Å². The lowest BCUT2D eigenvalue weighted by atomic mass is 10.1. The second kappa shape index (κ2) is 17.7. The number of benzene rings is 4. The van der Waals surface area contributed by atoms with Gasteiger partial charge in [0.2, 0.25) is 0 Å². The lowest BCUT2D eigenvalue weighted by molar-refractivity contribution is -0.150. The van der Waals surface area contributed by atoms with Gasteiger partial charge in [-0.2, -0.15) is 0 Å². The molecular weight excluding hydrogens is 685 g/mol. The van der Waals surface area contributed by atoms with Crippen molar-refractivity contribution in [3.05, 3.63) is 133 Å². The molecule has 0 spiro atoms. The molecule has 0 aliphatic heterocycles. The average Bonchev–Trinajstić information content (AvgIpc) is 3.11. The minimum Gasteiger partial charge on any atom is -0.404 e. The molecule has 0 aliphatic rings. The van der Waals surface area contributed by atoms with Crippen molar-refractivity contribution in [3.8, 4) is 0 Å². The summed E-state index contributed by atoms with van der Waals surface area (Å²) in [5.74, 6) is 0. The summed E-state index contributed by atoms with van der Waals surface area (Å²) < 4.78 is 73.4. The molecule has 7 nitrogen and oxygen atoms in total. The monoisotopic (exact) mass is 734 g/mol. The van der Waals surface area contributed by atoms with Crippen LogP contribution >= 0.6 is 0 Å². The van der Waals surface area contributed by atoms with E-state index in [-0.39, 0.29) is 21.3 Å². The molecular formula is C40H50O7S2Si. The Kier molecular flexibility index (Phi) is 14.0. The highest BCUT2D eigenvalue weighted by atomic mass is 32.3. The Bertz CT molecular complexity index is 1730. The van der Waals surface area contributed by atoms with Crippen LogP contribution in [0.4, 0.5) is 0 Å². The van der Waals surface area contributed by atoms with Crippen molar-refractivity contribution in [1.29, 1.82) is 0 Å². The van der Waals surface area contributed by atoms with Gasteiger partial charge < -0.3 is 13.9 Å². The standard InChI is InChI=1S/C40H50O7S2Si/c1-6-45-38(46-7-2)32-33(47-50(40(3,4)5,36-27-16-10-17-28-36)37-29-18-11-19-30-37)22-20-21-31-39(48(41,42)34-23-12-8-13-24-34)49(43,44)35-25-14-9-15-26-35/h8-21,23-30,33,38-39H,6-7,22,31-32H2,1-5H3/b21-20+. The number of rotatable bonds is 18. The topological polar surface area (TPSA) is 96.0 Å². The van der Waals surface area contributed by atoms with Crippen LogP contribution in [0.5, 0.6) is 0 Å². The van der Waals surface area contributed by atoms with E-state index >= 15 is 0 Å². The highest BCUT2D eigenvalue weighted by Crippen LogP contribution is 2.38. The molecule has 0 radical (unpaired) electrons. The van der Waals surface area contributed by atoms with Gasteiger partial charge in [0.25, 0.3) is 8.32 Å². The maximum absolute atomic E-state index is 13.9. The Balaban J connectivity index is 1.75. The highest BCUT2D eigenvalue weighted by molar-refractivity contribution is 8.09. The number of allylic oxidation sites excluding steroid dienone is 1. The predicted octanol–water partition coefficient (Wildman–Crippen LogP) is 7.33. The zero-order chi connectivity index (χ0) is 36.3. The van der Waals surface area contributed by atoms with Crippen LogP contribution in [0.1, 0.15) is 53.9 Å². The molecule has 10 heteroatoms. The van der Waals surface area contributed by atoms with E-state index in [1.165, 1.54) is 24.3 Å². The Morgan fingerprint density at radius 2 is 0.980 bits per heavy atom. The minimum absolute atomic E-state index is 0.0398. The van der Waals surface area contributed by atoms with Crippen molar-refractivity contribution in [2.45, 2.75) is 85.7 Å². The van der Waals surface area contributed by atoms with E-state index in [1.807, 2.05) is 56.3 Å². The van der Waals surface area contributed by atoms with Gasteiger partial charge >= 0.3 is 0 Å². The zero-order valence-corrected chi connectivity index (χ0v) is 32.3. The fourth-order valence-corrected chi connectivity index (χ4v) is 15.4. The van der Waals surface area contributed by atoms with Crippen molar-refractivity contribution < 1.29 is 30.7 Å². The molecule has 0 N–H and O–H groups in total. The van der Waals surface area contributed by atoms with Crippen LogP contribution in [-0.2, 0) is 33.6 Å². The summed E-state index contributed by atoms with van der Waals surface area (Å²) in [7, 11) is -11.5. The summed E-state index contributed by atoms with van der Waals surface area (Å²) in [6.07, 6.45) is 3.13. The first kappa shape index (κ1) is 39.4. The van der Waals surface area contributed by atoms with Gasteiger partial charge in [-0.3, -0.25) is 0 Å². The molecule has 4 aromatic rings. The Morgan fingerprint density at radius 3 is 1.36 bits per heavy atom. The van der Waals surface area contributed by atoms with E-state index in [0.29, 0.717) is 26.1 Å². The van der Waals surface area contributed by atoms with Crippen LogP contribution in [-0.4, -0.2) is 55.3 Å². The van der Waals surface area contributed by atoms with E-state index in [2.05, 4.69) is 45.0 Å². The third-order valence-electron chi connectivity index (χ3n) is 8.65. The van der Waals surface area contributed by atoms with E-state index in [1.54, 1.807) is 42.5 Å². The summed E-state index contributed by atoms with van der Waals surface area (Å²) in [5, 5.41) is 1.96. The second-order valence-corrected chi connectivity index (χ2v) is 21.9. The average molecular weight is 735 g/mol. The molecule has 4 rings (SSSR count). The van der Waals surface area contributed by atoms with E-state index in [0.717, 1.165) is 10.4 Å². The molecule has 0 fully saturated rings. The molecule has 0 heterocycles. The minimum atomic E-state index is -4.27. The molecule has 4 aromatic carbocycles. The molecule has 1 atom stereocenters. The number of sulfone groups is 2. The fourth-order valence-electron chi connectivity index (χ4n) is 6.30. The molecule has 1 unspecified atom stereocenters. The maximum atomic E-state index is 13.9. The first-order chi connectivity index (χ1) is 23.9. The summed E-state index contributed by atoms with van der Waals surface area (Å²) in [5.41, 5.74) is 0. The Morgan fingerprint density at radius 1 is 0.600 bits per heavy atom. The highest BCUT2D eigenvalue weighted by Gasteiger charge is 2.51. The third-order valence-corrected chi connectivity index (χ3v) is 18.9. The van der Waals surface area contributed by atoms with Crippen LogP contribution in [0.3, 0.4) is 0 Å². The van der Waals surface area contributed by atoms with Gasteiger partial charge in [-0.1, -0.05) is 130 Å². The van der Waals surface area contributed by atoms with Gasteiger partial charge in [0, 0.05) is 19.6 Å². The molecule has 268 valence electrons. The molecule has 0 aromatic heterocycles. The third kappa shape index (κ3) is 9.28. The second-order valence-electron chi connectivity index (χ2n) is 13.1. The van der Waals surface area contributed by atoms with E-state index in [4.69, 9.17) is 13.9 Å². The molecule has 0 aliphatic carbocycles.